The van der Waals surface area contributed by atoms with Crippen molar-refractivity contribution in [1.82, 2.24) is 19.5 Å². The van der Waals surface area contributed by atoms with Crippen LogP contribution in [0.5, 0.6) is 0 Å². The summed E-state index contributed by atoms with van der Waals surface area (Å²) in [5, 5.41) is 4.63. The lowest BCUT2D eigenvalue weighted by atomic mass is 9.88. The van der Waals surface area contributed by atoms with Gasteiger partial charge < -0.3 is 16.0 Å². The van der Waals surface area contributed by atoms with E-state index in [0.29, 0.717) is 28.7 Å². The van der Waals surface area contributed by atoms with Crippen LogP contribution in [0.4, 0.5) is 5.69 Å². The molecule has 54 heavy (non-hydrogen) atoms. The molecule has 0 spiro atoms. The lowest BCUT2D eigenvalue weighted by Gasteiger charge is -2.22. The number of nitrogens with zero attached hydrogens (tertiary/aromatic N) is 4. The molecule has 0 radical (unpaired) electrons. The monoisotopic (exact) mass is 696 g/mol. The maximum absolute atomic E-state index is 7.52. The van der Waals surface area contributed by atoms with E-state index in [0.717, 1.165) is 49.9 Å². The van der Waals surface area contributed by atoms with Crippen LogP contribution in [0.25, 0.3) is 77.7 Å². The Hall–Kier alpha value is -7.15. The highest BCUT2D eigenvalue weighted by atomic mass is 15.0. The normalized spacial score (nSPS) is 12.4. The molecule has 9 aromatic rings. The van der Waals surface area contributed by atoms with Crippen LogP contribution in [0, 0.1) is 0 Å². The highest BCUT2D eigenvalue weighted by Crippen LogP contribution is 2.44. The summed E-state index contributed by atoms with van der Waals surface area (Å²) in [7, 11) is 0. The second-order valence-corrected chi connectivity index (χ2v) is 13.3. The topological polar surface area (TPSA) is 95.6 Å². The average Bonchev–Trinajstić information content (AvgIpc) is 3.57. The van der Waals surface area contributed by atoms with E-state index in [1.54, 1.807) is 6.08 Å². The molecular formula is C48H36N6. The van der Waals surface area contributed by atoms with Gasteiger partial charge in [-0.15, -0.1) is 0 Å². The number of para-hydroxylation sites is 2. The Labute approximate surface area is 313 Å². The van der Waals surface area contributed by atoms with Gasteiger partial charge in [-0.05, 0) is 58.3 Å². The second kappa shape index (κ2) is 13.8. The first kappa shape index (κ1) is 32.7. The van der Waals surface area contributed by atoms with Gasteiger partial charge in [-0.25, -0.2) is 15.0 Å². The van der Waals surface area contributed by atoms with E-state index in [9.17, 15) is 0 Å². The molecular weight excluding hydrogens is 661 g/mol. The molecule has 0 aliphatic rings. The minimum Gasteiger partial charge on any atom is -0.398 e. The SMILES string of the molecule is C=C/C=C(/c1nc(-c2ccccc2)nc(-c2ccccc2)n1)C(N)c1cc2c(cc1-c1ccccc1N)c1c3ccccc3ccc1n2-c1ccccc1. The summed E-state index contributed by atoms with van der Waals surface area (Å²) in [6.07, 6.45) is 3.65. The molecule has 0 aliphatic heterocycles. The van der Waals surface area contributed by atoms with Crippen molar-refractivity contribution in [3.63, 3.8) is 0 Å². The fraction of sp³-hybridized carbons (Fsp3) is 0.0208. The maximum Gasteiger partial charge on any atom is 0.164 e. The van der Waals surface area contributed by atoms with Gasteiger partial charge in [0.2, 0.25) is 0 Å². The van der Waals surface area contributed by atoms with E-state index < -0.39 is 6.04 Å². The number of aromatic nitrogens is 4. The lowest BCUT2D eigenvalue weighted by molar-refractivity contribution is 0.903. The highest BCUT2D eigenvalue weighted by Gasteiger charge is 2.26. The van der Waals surface area contributed by atoms with Gasteiger partial charge in [0.15, 0.2) is 17.5 Å². The Balaban J connectivity index is 1.34. The Kier molecular flexibility index (Phi) is 8.35. The number of fused-ring (bicyclic) bond motifs is 5. The lowest BCUT2D eigenvalue weighted by Crippen LogP contribution is -2.17. The second-order valence-electron chi connectivity index (χ2n) is 13.3. The third-order valence-electron chi connectivity index (χ3n) is 10.0. The molecule has 9 rings (SSSR count). The van der Waals surface area contributed by atoms with Gasteiger partial charge in [-0.1, -0.05) is 146 Å². The number of hydrogen-bond donors (Lipinski definition) is 2. The summed E-state index contributed by atoms with van der Waals surface area (Å²) in [6, 6.07) is 55.0. The molecule has 0 saturated carbocycles. The Bertz CT molecular complexity index is 2800. The van der Waals surface area contributed by atoms with Crippen LogP contribution in [0.3, 0.4) is 0 Å². The van der Waals surface area contributed by atoms with Crippen molar-refractivity contribution < 1.29 is 0 Å². The number of anilines is 1. The highest BCUT2D eigenvalue weighted by molar-refractivity contribution is 6.22. The molecule has 0 fully saturated rings. The van der Waals surface area contributed by atoms with E-state index in [2.05, 4.69) is 90.0 Å². The predicted molar refractivity (Wildman–Crippen MR) is 224 cm³/mol. The van der Waals surface area contributed by atoms with E-state index in [4.69, 9.17) is 26.4 Å². The van der Waals surface area contributed by atoms with Crippen molar-refractivity contribution in [2.45, 2.75) is 6.04 Å². The van der Waals surface area contributed by atoms with E-state index in [1.807, 2.05) is 91.0 Å². The summed E-state index contributed by atoms with van der Waals surface area (Å²) in [5.41, 5.74) is 23.3. The van der Waals surface area contributed by atoms with Crippen molar-refractivity contribution in [3.8, 4) is 39.6 Å². The van der Waals surface area contributed by atoms with Gasteiger partial charge in [-0.3, -0.25) is 0 Å². The number of rotatable bonds is 8. The molecule has 6 heteroatoms. The maximum atomic E-state index is 7.52. The van der Waals surface area contributed by atoms with Crippen LogP contribution < -0.4 is 11.5 Å². The summed E-state index contributed by atoms with van der Waals surface area (Å²) >= 11 is 0. The Morgan fingerprint density at radius 2 is 1.20 bits per heavy atom. The first-order valence-corrected chi connectivity index (χ1v) is 17.9. The number of nitrogens with two attached hydrogens (primary N) is 2. The van der Waals surface area contributed by atoms with Crippen LogP contribution in [-0.4, -0.2) is 19.5 Å². The number of nitrogen functional groups attached to an aromatic ring is 1. The van der Waals surface area contributed by atoms with Gasteiger partial charge in [0.25, 0.3) is 0 Å². The van der Waals surface area contributed by atoms with E-state index in [-0.39, 0.29) is 0 Å². The Morgan fingerprint density at radius 3 is 1.87 bits per heavy atom. The molecule has 1 atom stereocenters. The van der Waals surface area contributed by atoms with Gasteiger partial charge in [0.05, 0.1) is 17.1 Å². The summed E-state index contributed by atoms with van der Waals surface area (Å²) in [6.45, 7) is 4.09. The van der Waals surface area contributed by atoms with E-state index in [1.165, 1.54) is 16.2 Å². The molecule has 2 aromatic heterocycles. The van der Waals surface area contributed by atoms with Crippen molar-refractivity contribution in [2.75, 3.05) is 5.73 Å². The van der Waals surface area contributed by atoms with Gasteiger partial charge in [0, 0.05) is 44.4 Å². The van der Waals surface area contributed by atoms with Crippen LogP contribution in [0.1, 0.15) is 17.4 Å². The summed E-state index contributed by atoms with van der Waals surface area (Å²) < 4.78 is 2.33. The first-order valence-electron chi connectivity index (χ1n) is 17.9. The quantitative estimate of drug-likeness (QED) is 0.122. The molecule has 4 N–H and O–H groups in total. The minimum atomic E-state index is -0.685. The van der Waals surface area contributed by atoms with Gasteiger partial charge in [0.1, 0.15) is 0 Å². The van der Waals surface area contributed by atoms with Gasteiger partial charge >= 0.3 is 0 Å². The average molecular weight is 697 g/mol. The van der Waals surface area contributed by atoms with Gasteiger partial charge in [-0.2, -0.15) is 0 Å². The van der Waals surface area contributed by atoms with E-state index >= 15 is 0 Å². The fourth-order valence-corrected chi connectivity index (χ4v) is 7.49. The minimum absolute atomic E-state index is 0.469. The molecule has 0 amide bonds. The third-order valence-corrected chi connectivity index (χ3v) is 10.0. The van der Waals surface area contributed by atoms with Crippen LogP contribution in [-0.2, 0) is 0 Å². The Morgan fingerprint density at radius 1 is 0.593 bits per heavy atom. The molecule has 7 aromatic carbocycles. The number of benzene rings is 7. The van der Waals surface area contributed by atoms with Crippen molar-refractivity contribution >= 4 is 43.8 Å². The number of hydrogen-bond acceptors (Lipinski definition) is 5. The molecule has 1 unspecified atom stereocenters. The molecule has 0 saturated heterocycles. The molecule has 0 bridgehead atoms. The standard InChI is InChI=1S/C48H36N6/c1-2-16-37(48-52-46(32-18-6-3-7-19-32)51-47(53-48)33-20-8-4-9-21-33)45(50)39-30-43-40(29-38(39)36-25-14-15-26-41(36)49)44-35-24-13-12-17-31(35)27-28-42(44)54(43)34-22-10-5-11-23-34/h2-30,45H,1,49-50H2/b37-16+. The number of allylic oxidation sites excluding steroid dienone is 2. The first-order chi connectivity index (χ1) is 26.6. The van der Waals surface area contributed by atoms with Crippen LogP contribution >= 0.6 is 0 Å². The molecule has 258 valence electrons. The largest absolute Gasteiger partial charge is 0.398 e. The fourth-order valence-electron chi connectivity index (χ4n) is 7.49. The summed E-state index contributed by atoms with van der Waals surface area (Å²) in [4.78, 5) is 15.1. The van der Waals surface area contributed by atoms with Crippen LogP contribution in [0.15, 0.2) is 183 Å². The van der Waals surface area contributed by atoms with Crippen molar-refractivity contribution in [1.29, 1.82) is 0 Å². The zero-order valence-electron chi connectivity index (χ0n) is 29.5. The molecule has 2 heterocycles. The zero-order valence-corrected chi connectivity index (χ0v) is 29.5. The third kappa shape index (κ3) is 5.71. The smallest absolute Gasteiger partial charge is 0.164 e. The molecule has 6 nitrogen and oxygen atoms in total. The van der Waals surface area contributed by atoms with Crippen molar-refractivity contribution in [3.05, 3.63) is 194 Å². The predicted octanol–water partition coefficient (Wildman–Crippen LogP) is 11.0. The summed E-state index contributed by atoms with van der Waals surface area (Å²) in [5.74, 6) is 1.58. The van der Waals surface area contributed by atoms with Crippen LogP contribution in [0.2, 0.25) is 0 Å². The molecule has 0 aliphatic carbocycles. The zero-order chi connectivity index (χ0) is 36.6. The van der Waals surface area contributed by atoms with Crippen molar-refractivity contribution in [2.24, 2.45) is 5.73 Å².